The van der Waals surface area contributed by atoms with Gasteiger partial charge in [0.05, 0.1) is 0 Å². The maximum absolute atomic E-state index is 11.5. The molecule has 3 nitrogen and oxygen atoms in total. The van der Waals surface area contributed by atoms with Crippen LogP contribution in [0.25, 0.3) is 0 Å². The number of carbonyl (C=O) groups is 1. The molecule has 0 aromatic rings. The van der Waals surface area contributed by atoms with E-state index >= 15 is 0 Å². The fraction of sp³-hybridized carbons (Fsp3) is 0.889. The van der Waals surface area contributed by atoms with Gasteiger partial charge in [0.15, 0.2) is 0 Å². The summed E-state index contributed by atoms with van der Waals surface area (Å²) in [5.41, 5.74) is 0. The van der Waals surface area contributed by atoms with Gasteiger partial charge < -0.3 is 10.6 Å². The second-order valence-electron chi connectivity index (χ2n) is 3.32. The van der Waals surface area contributed by atoms with E-state index in [0.29, 0.717) is 0 Å². The van der Waals surface area contributed by atoms with E-state index in [9.17, 15) is 4.79 Å². The lowest BCUT2D eigenvalue weighted by atomic mass is 10.1. The third-order valence-corrected chi connectivity index (χ3v) is 2.60. The van der Waals surface area contributed by atoms with Crippen LogP contribution in [0.3, 0.4) is 0 Å². The second kappa shape index (κ2) is 7.21. The summed E-state index contributed by atoms with van der Waals surface area (Å²) in [6.45, 7) is 4.69. The van der Waals surface area contributed by atoms with Crippen LogP contribution >= 0.6 is 11.8 Å². The van der Waals surface area contributed by atoms with Gasteiger partial charge in [-0.1, -0.05) is 6.92 Å². The first-order valence-electron chi connectivity index (χ1n) is 4.55. The maximum Gasteiger partial charge on any atom is 0.224 e. The van der Waals surface area contributed by atoms with Gasteiger partial charge in [0, 0.05) is 24.3 Å². The first-order chi connectivity index (χ1) is 6.11. The number of hydrogen-bond acceptors (Lipinski definition) is 3. The molecule has 2 N–H and O–H groups in total. The van der Waals surface area contributed by atoms with Crippen molar-refractivity contribution in [3.8, 4) is 0 Å². The van der Waals surface area contributed by atoms with E-state index in [-0.39, 0.29) is 17.9 Å². The van der Waals surface area contributed by atoms with E-state index < -0.39 is 0 Å². The largest absolute Gasteiger partial charge is 0.353 e. The summed E-state index contributed by atoms with van der Waals surface area (Å²) in [6.07, 6.45) is 2.04. The highest BCUT2D eigenvalue weighted by molar-refractivity contribution is 7.98. The van der Waals surface area contributed by atoms with Crippen LogP contribution in [-0.2, 0) is 4.79 Å². The molecule has 4 heteroatoms. The molecule has 0 spiro atoms. The summed E-state index contributed by atoms with van der Waals surface area (Å²) in [4.78, 5) is 11.5. The van der Waals surface area contributed by atoms with Crippen molar-refractivity contribution in [1.29, 1.82) is 0 Å². The van der Waals surface area contributed by atoms with Crippen LogP contribution in [0.15, 0.2) is 0 Å². The minimum absolute atomic E-state index is 0.0503. The maximum atomic E-state index is 11.5. The summed E-state index contributed by atoms with van der Waals surface area (Å²) in [5, 5.41) is 5.95. The molecule has 0 bridgehead atoms. The quantitative estimate of drug-likeness (QED) is 0.669. The average molecular weight is 204 g/mol. The van der Waals surface area contributed by atoms with Crippen LogP contribution in [0.2, 0.25) is 0 Å². The zero-order valence-corrected chi connectivity index (χ0v) is 9.70. The first kappa shape index (κ1) is 12.8. The Bertz CT molecular complexity index is 153. The monoisotopic (exact) mass is 204 g/mol. The molecule has 0 heterocycles. The van der Waals surface area contributed by atoms with Gasteiger partial charge in [0.2, 0.25) is 5.91 Å². The van der Waals surface area contributed by atoms with Gasteiger partial charge in [-0.2, -0.15) is 11.8 Å². The molecule has 2 unspecified atom stereocenters. The predicted octanol–water partition coefficient (Wildman–Crippen LogP) is 0.710. The van der Waals surface area contributed by atoms with Crippen LogP contribution in [0.5, 0.6) is 0 Å². The van der Waals surface area contributed by atoms with Crippen LogP contribution in [-0.4, -0.2) is 37.6 Å². The molecule has 0 rings (SSSR count). The zero-order valence-electron chi connectivity index (χ0n) is 8.89. The molecule has 0 aliphatic heterocycles. The molecule has 0 fully saturated rings. The molecule has 0 radical (unpaired) electrons. The molecule has 0 aliphatic rings. The van der Waals surface area contributed by atoms with Gasteiger partial charge >= 0.3 is 0 Å². The highest BCUT2D eigenvalue weighted by Gasteiger charge is 2.13. The van der Waals surface area contributed by atoms with Crippen molar-refractivity contribution in [3.63, 3.8) is 0 Å². The van der Waals surface area contributed by atoms with Gasteiger partial charge in [-0.05, 0) is 20.2 Å². The van der Waals surface area contributed by atoms with E-state index in [1.807, 2.05) is 27.2 Å². The molecule has 0 aromatic carbocycles. The fourth-order valence-electron chi connectivity index (χ4n) is 1.08. The Kier molecular flexibility index (Phi) is 7.09. The van der Waals surface area contributed by atoms with Crippen molar-refractivity contribution in [2.45, 2.75) is 19.9 Å². The fourth-order valence-corrected chi connectivity index (χ4v) is 1.66. The van der Waals surface area contributed by atoms with Crippen LogP contribution < -0.4 is 10.6 Å². The minimum Gasteiger partial charge on any atom is -0.353 e. The standard InChI is InChI=1S/C9H20N2OS/c1-7(5-10-3)9(12)11-8(2)6-13-4/h7-8,10H,5-6H2,1-4H3,(H,11,12). The summed E-state index contributed by atoms with van der Waals surface area (Å²) < 4.78 is 0. The summed E-state index contributed by atoms with van der Waals surface area (Å²) in [7, 11) is 1.86. The summed E-state index contributed by atoms with van der Waals surface area (Å²) in [5.74, 6) is 1.16. The lowest BCUT2D eigenvalue weighted by molar-refractivity contribution is -0.124. The van der Waals surface area contributed by atoms with E-state index in [4.69, 9.17) is 0 Å². The highest BCUT2D eigenvalue weighted by atomic mass is 32.2. The third-order valence-electron chi connectivity index (χ3n) is 1.76. The SMILES string of the molecule is CNCC(C)C(=O)NC(C)CSC. The Balaban J connectivity index is 3.71. The Morgan fingerprint density at radius 3 is 2.54 bits per heavy atom. The minimum atomic E-state index is 0.0503. The van der Waals surface area contributed by atoms with Crippen LogP contribution in [0.4, 0.5) is 0 Å². The van der Waals surface area contributed by atoms with Crippen molar-refractivity contribution < 1.29 is 4.79 Å². The van der Waals surface area contributed by atoms with Gasteiger partial charge in [0.25, 0.3) is 0 Å². The Morgan fingerprint density at radius 2 is 2.08 bits per heavy atom. The van der Waals surface area contributed by atoms with Gasteiger partial charge in [-0.3, -0.25) is 4.79 Å². The van der Waals surface area contributed by atoms with Crippen molar-refractivity contribution >= 4 is 17.7 Å². The van der Waals surface area contributed by atoms with Crippen LogP contribution in [0.1, 0.15) is 13.8 Å². The predicted molar refractivity (Wildman–Crippen MR) is 59.1 cm³/mol. The van der Waals surface area contributed by atoms with Crippen LogP contribution in [0, 0.1) is 5.92 Å². The molecule has 1 amide bonds. The smallest absolute Gasteiger partial charge is 0.224 e. The van der Waals surface area contributed by atoms with E-state index in [2.05, 4.69) is 10.6 Å². The first-order valence-corrected chi connectivity index (χ1v) is 5.95. The Morgan fingerprint density at radius 1 is 1.46 bits per heavy atom. The Labute approximate surface area is 85.0 Å². The molecule has 2 atom stereocenters. The number of nitrogens with one attached hydrogen (secondary N) is 2. The number of amides is 1. The number of thioether (sulfide) groups is 1. The van der Waals surface area contributed by atoms with Gasteiger partial charge in [0.1, 0.15) is 0 Å². The zero-order chi connectivity index (χ0) is 10.3. The molecule has 0 aromatic heterocycles. The van der Waals surface area contributed by atoms with Gasteiger partial charge in [-0.15, -0.1) is 0 Å². The average Bonchev–Trinajstić information content (AvgIpc) is 2.05. The molecule has 0 saturated heterocycles. The molecule has 13 heavy (non-hydrogen) atoms. The molecule has 78 valence electrons. The normalized spacial score (nSPS) is 15.1. The highest BCUT2D eigenvalue weighted by Crippen LogP contribution is 1.98. The second-order valence-corrected chi connectivity index (χ2v) is 4.23. The summed E-state index contributed by atoms with van der Waals surface area (Å²) in [6, 6.07) is 0.266. The van der Waals surface area contributed by atoms with E-state index in [0.717, 1.165) is 12.3 Å². The van der Waals surface area contributed by atoms with Crippen molar-refractivity contribution in [3.05, 3.63) is 0 Å². The van der Waals surface area contributed by atoms with Crippen molar-refractivity contribution in [2.24, 2.45) is 5.92 Å². The molecular formula is C9H20N2OS. The summed E-state index contributed by atoms with van der Waals surface area (Å²) >= 11 is 1.75. The van der Waals surface area contributed by atoms with E-state index in [1.165, 1.54) is 0 Å². The Hall–Kier alpha value is -0.220. The topological polar surface area (TPSA) is 41.1 Å². The van der Waals surface area contributed by atoms with Crippen molar-refractivity contribution in [1.82, 2.24) is 10.6 Å². The number of rotatable bonds is 6. The third kappa shape index (κ3) is 5.93. The molecular weight excluding hydrogens is 184 g/mol. The van der Waals surface area contributed by atoms with Gasteiger partial charge in [-0.25, -0.2) is 0 Å². The molecule has 0 aliphatic carbocycles. The number of hydrogen-bond donors (Lipinski definition) is 2. The lowest BCUT2D eigenvalue weighted by Gasteiger charge is -2.16. The number of carbonyl (C=O) groups excluding carboxylic acids is 1. The molecule has 0 saturated carbocycles. The van der Waals surface area contributed by atoms with Crippen molar-refractivity contribution in [2.75, 3.05) is 25.6 Å². The van der Waals surface area contributed by atoms with E-state index in [1.54, 1.807) is 11.8 Å². The lowest BCUT2D eigenvalue weighted by Crippen LogP contribution is -2.40.